The first-order chi connectivity index (χ1) is 9.56. The molecule has 0 radical (unpaired) electrons. The van der Waals surface area contributed by atoms with Gasteiger partial charge < -0.3 is 10.2 Å². The molecule has 1 N–H and O–H groups in total. The molecular weight excluding hydrogens is 262 g/mol. The van der Waals surface area contributed by atoms with Crippen molar-refractivity contribution in [2.75, 3.05) is 18.0 Å². The maximum absolute atomic E-state index is 14.1. The van der Waals surface area contributed by atoms with Crippen LogP contribution in [-0.4, -0.2) is 25.0 Å². The average molecular weight is 282 g/mol. The Balaban J connectivity index is 2.28. The number of benzene rings is 1. The van der Waals surface area contributed by atoms with Gasteiger partial charge in [0.1, 0.15) is 11.5 Å². The van der Waals surface area contributed by atoms with Crippen LogP contribution in [0.25, 0.3) is 0 Å². The van der Waals surface area contributed by atoms with Gasteiger partial charge >= 0.3 is 0 Å². The van der Waals surface area contributed by atoms with Gasteiger partial charge in [-0.15, -0.1) is 0 Å². The minimum absolute atomic E-state index is 0.210. The third-order valence-corrected chi connectivity index (χ3v) is 3.61. The van der Waals surface area contributed by atoms with E-state index in [0.717, 1.165) is 19.4 Å². The van der Waals surface area contributed by atoms with Crippen LogP contribution in [0.3, 0.4) is 0 Å². The molecule has 0 aliphatic carbocycles. The molecule has 1 saturated heterocycles. The molecule has 0 saturated carbocycles. The second kappa shape index (κ2) is 6.31. The number of nitrogens with zero attached hydrogens (tertiary/aromatic N) is 1. The molecule has 0 bridgehead atoms. The lowest BCUT2D eigenvalue weighted by atomic mass is 10.0. The Hall–Kier alpha value is -1.49. The zero-order valence-corrected chi connectivity index (χ0v) is 11.9. The minimum atomic E-state index is -0.683. The number of hydrogen-bond donors (Lipinski definition) is 1. The van der Waals surface area contributed by atoms with Crippen molar-refractivity contribution < 1.29 is 13.6 Å². The standard InChI is InChI=1S/C15H20F2N2O/c1-3-8-18-12-5-4-9-19(15(12)20)14-11(16)7-6-10(2)13(14)17/h6-7,12,18H,3-5,8-9H2,1-2H3. The molecule has 2 rings (SSSR count). The molecule has 1 atom stereocenters. The van der Waals surface area contributed by atoms with Crippen LogP contribution in [0.15, 0.2) is 12.1 Å². The van der Waals surface area contributed by atoms with E-state index in [1.165, 1.54) is 17.0 Å². The smallest absolute Gasteiger partial charge is 0.244 e. The van der Waals surface area contributed by atoms with Crippen molar-refractivity contribution >= 4 is 11.6 Å². The molecule has 1 aliphatic heterocycles. The topological polar surface area (TPSA) is 32.3 Å². The highest BCUT2D eigenvalue weighted by molar-refractivity contribution is 5.98. The first-order valence-corrected chi connectivity index (χ1v) is 7.05. The second-order valence-electron chi connectivity index (χ2n) is 5.17. The van der Waals surface area contributed by atoms with Crippen molar-refractivity contribution in [2.24, 2.45) is 0 Å². The lowest BCUT2D eigenvalue weighted by molar-refractivity contribution is -0.121. The van der Waals surface area contributed by atoms with E-state index in [2.05, 4.69) is 5.32 Å². The Morgan fingerprint density at radius 3 is 2.85 bits per heavy atom. The fraction of sp³-hybridized carbons (Fsp3) is 0.533. The molecule has 1 unspecified atom stereocenters. The summed E-state index contributed by atoms with van der Waals surface area (Å²) in [5.41, 5.74) is 0.135. The summed E-state index contributed by atoms with van der Waals surface area (Å²) in [6.07, 6.45) is 2.36. The first kappa shape index (κ1) is 14.9. The maximum Gasteiger partial charge on any atom is 0.244 e. The molecule has 1 aliphatic rings. The van der Waals surface area contributed by atoms with Crippen LogP contribution >= 0.6 is 0 Å². The Kier molecular flexibility index (Phi) is 4.70. The number of rotatable bonds is 4. The van der Waals surface area contributed by atoms with Gasteiger partial charge in [0.2, 0.25) is 5.91 Å². The normalized spacial score (nSPS) is 19.5. The van der Waals surface area contributed by atoms with Crippen LogP contribution < -0.4 is 10.2 Å². The van der Waals surface area contributed by atoms with E-state index in [4.69, 9.17) is 0 Å². The third-order valence-electron chi connectivity index (χ3n) is 3.61. The predicted octanol–water partition coefficient (Wildman–Crippen LogP) is 2.77. The number of nitrogens with one attached hydrogen (secondary N) is 1. The number of halogens is 2. The van der Waals surface area contributed by atoms with E-state index in [1.54, 1.807) is 6.92 Å². The van der Waals surface area contributed by atoms with Gasteiger partial charge in [-0.3, -0.25) is 4.79 Å². The summed E-state index contributed by atoms with van der Waals surface area (Å²) in [5.74, 6) is -1.57. The minimum Gasteiger partial charge on any atom is -0.306 e. The quantitative estimate of drug-likeness (QED) is 0.921. The first-order valence-electron chi connectivity index (χ1n) is 7.05. The van der Waals surface area contributed by atoms with E-state index in [-0.39, 0.29) is 17.6 Å². The number of aryl methyl sites for hydroxylation is 1. The number of hydrogen-bond acceptors (Lipinski definition) is 2. The lowest BCUT2D eigenvalue weighted by Gasteiger charge is -2.33. The Morgan fingerprint density at radius 1 is 1.40 bits per heavy atom. The van der Waals surface area contributed by atoms with Crippen molar-refractivity contribution in [2.45, 2.75) is 39.2 Å². The van der Waals surface area contributed by atoms with Gasteiger partial charge in [-0.25, -0.2) is 8.78 Å². The molecule has 1 aromatic carbocycles. The van der Waals surface area contributed by atoms with Gasteiger partial charge in [0.25, 0.3) is 0 Å². The van der Waals surface area contributed by atoms with Crippen LogP contribution in [-0.2, 0) is 4.79 Å². The summed E-state index contributed by atoms with van der Waals surface area (Å²) < 4.78 is 28.1. The van der Waals surface area contributed by atoms with E-state index in [0.29, 0.717) is 18.5 Å². The number of amides is 1. The average Bonchev–Trinajstić information content (AvgIpc) is 2.44. The highest BCUT2D eigenvalue weighted by Crippen LogP contribution is 2.29. The molecule has 0 spiro atoms. The molecule has 1 heterocycles. The highest BCUT2D eigenvalue weighted by atomic mass is 19.1. The molecule has 20 heavy (non-hydrogen) atoms. The SMILES string of the molecule is CCCNC1CCCN(c2c(F)ccc(C)c2F)C1=O. The molecule has 3 nitrogen and oxygen atoms in total. The predicted molar refractivity (Wildman–Crippen MR) is 74.8 cm³/mol. The molecule has 1 fully saturated rings. The van der Waals surface area contributed by atoms with Crippen LogP contribution in [0.5, 0.6) is 0 Å². The highest BCUT2D eigenvalue weighted by Gasteiger charge is 2.32. The number of piperidine rings is 1. The summed E-state index contributed by atoms with van der Waals surface area (Å²) in [5, 5.41) is 3.14. The number of anilines is 1. The van der Waals surface area contributed by atoms with Crippen molar-refractivity contribution in [3.8, 4) is 0 Å². The Morgan fingerprint density at radius 2 is 2.15 bits per heavy atom. The van der Waals surface area contributed by atoms with Gasteiger partial charge in [0, 0.05) is 6.54 Å². The zero-order valence-electron chi connectivity index (χ0n) is 11.9. The van der Waals surface area contributed by atoms with Gasteiger partial charge in [-0.2, -0.15) is 0 Å². The molecule has 1 amide bonds. The summed E-state index contributed by atoms with van der Waals surface area (Å²) in [6, 6.07) is 2.25. The number of carbonyl (C=O) groups excluding carboxylic acids is 1. The fourth-order valence-electron chi connectivity index (χ4n) is 2.49. The molecule has 110 valence electrons. The lowest BCUT2D eigenvalue weighted by Crippen LogP contribution is -2.51. The van der Waals surface area contributed by atoms with Crippen molar-refractivity contribution in [1.82, 2.24) is 5.32 Å². The van der Waals surface area contributed by atoms with Crippen molar-refractivity contribution in [3.05, 3.63) is 29.3 Å². The molecule has 0 aromatic heterocycles. The number of carbonyl (C=O) groups is 1. The summed E-state index contributed by atoms with van der Waals surface area (Å²) in [4.78, 5) is 13.6. The summed E-state index contributed by atoms with van der Waals surface area (Å²) in [6.45, 7) is 4.67. The van der Waals surface area contributed by atoms with Crippen LogP contribution in [0.2, 0.25) is 0 Å². The van der Waals surface area contributed by atoms with Gasteiger partial charge in [-0.05, 0) is 44.4 Å². The Labute approximate surface area is 118 Å². The monoisotopic (exact) mass is 282 g/mol. The Bertz CT molecular complexity index is 505. The fourth-order valence-corrected chi connectivity index (χ4v) is 2.49. The zero-order chi connectivity index (χ0) is 14.7. The molecule has 5 heteroatoms. The van der Waals surface area contributed by atoms with Crippen LogP contribution in [0.1, 0.15) is 31.7 Å². The van der Waals surface area contributed by atoms with Crippen molar-refractivity contribution in [1.29, 1.82) is 0 Å². The molecular formula is C15H20F2N2O. The third kappa shape index (κ3) is 2.82. The summed E-state index contributed by atoms with van der Waals surface area (Å²) in [7, 11) is 0. The largest absolute Gasteiger partial charge is 0.306 e. The van der Waals surface area contributed by atoms with E-state index in [1.807, 2.05) is 6.92 Å². The van der Waals surface area contributed by atoms with E-state index >= 15 is 0 Å². The van der Waals surface area contributed by atoms with E-state index in [9.17, 15) is 13.6 Å². The van der Waals surface area contributed by atoms with Gasteiger partial charge in [-0.1, -0.05) is 13.0 Å². The van der Waals surface area contributed by atoms with Crippen LogP contribution in [0.4, 0.5) is 14.5 Å². The van der Waals surface area contributed by atoms with Gasteiger partial charge in [0.15, 0.2) is 5.82 Å². The van der Waals surface area contributed by atoms with Crippen LogP contribution in [0, 0.1) is 18.6 Å². The summed E-state index contributed by atoms with van der Waals surface area (Å²) >= 11 is 0. The molecule has 1 aromatic rings. The maximum atomic E-state index is 14.1. The van der Waals surface area contributed by atoms with Gasteiger partial charge in [0.05, 0.1) is 6.04 Å². The second-order valence-corrected chi connectivity index (χ2v) is 5.17. The van der Waals surface area contributed by atoms with E-state index < -0.39 is 11.6 Å². The van der Waals surface area contributed by atoms with Crippen molar-refractivity contribution in [3.63, 3.8) is 0 Å².